The number of rotatable bonds is 5. The van der Waals surface area contributed by atoms with Crippen molar-refractivity contribution >= 4 is 5.91 Å². The van der Waals surface area contributed by atoms with Crippen LogP contribution in [0.25, 0.3) is 0 Å². The first-order chi connectivity index (χ1) is 6.87. The summed E-state index contributed by atoms with van der Waals surface area (Å²) in [6, 6.07) is -0.01000. The normalized spacial score (nSPS) is 18.7. The Hall–Kier alpha value is -0.570. The van der Waals surface area contributed by atoms with Crippen LogP contribution < -0.4 is 11.1 Å². The summed E-state index contributed by atoms with van der Waals surface area (Å²) >= 11 is 0. The van der Waals surface area contributed by atoms with E-state index in [9.17, 15) is 4.79 Å². The molecule has 88 valence electrons. The topological polar surface area (TPSA) is 55.1 Å². The van der Waals surface area contributed by atoms with E-state index in [1.807, 2.05) is 0 Å². The summed E-state index contributed by atoms with van der Waals surface area (Å²) < 4.78 is 0. The van der Waals surface area contributed by atoms with E-state index in [-0.39, 0.29) is 17.4 Å². The van der Waals surface area contributed by atoms with Crippen LogP contribution in [0.2, 0.25) is 0 Å². The van der Waals surface area contributed by atoms with Crippen LogP contribution in [0, 0.1) is 11.3 Å². The lowest BCUT2D eigenvalue weighted by molar-refractivity contribution is -0.121. The van der Waals surface area contributed by atoms with Crippen molar-refractivity contribution in [1.29, 1.82) is 0 Å². The Labute approximate surface area is 92.8 Å². The lowest BCUT2D eigenvalue weighted by Gasteiger charge is -2.22. The SMILES string of the molecule is CC(C)(C)CC(N)CC(=O)NCC1CC1. The standard InChI is InChI=1S/C12H24N2O/c1-12(2,3)7-10(13)6-11(15)14-8-9-4-5-9/h9-10H,4-8,13H2,1-3H3,(H,14,15). The van der Waals surface area contributed by atoms with Crippen LogP contribution in [0.5, 0.6) is 0 Å². The van der Waals surface area contributed by atoms with E-state index in [2.05, 4.69) is 26.1 Å². The number of hydrogen-bond acceptors (Lipinski definition) is 2. The fraction of sp³-hybridized carbons (Fsp3) is 0.917. The van der Waals surface area contributed by atoms with Gasteiger partial charge in [-0.25, -0.2) is 0 Å². The zero-order valence-corrected chi connectivity index (χ0v) is 10.2. The molecule has 0 saturated heterocycles. The van der Waals surface area contributed by atoms with E-state index in [1.165, 1.54) is 12.8 Å². The van der Waals surface area contributed by atoms with Crippen molar-refractivity contribution < 1.29 is 4.79 Å². The van der Waals surface area contributed by atoms with E-state index in [0.717, 1.165) is 18.9 Å². The van der Waals surface area contributed by atoms with Crippen LogP contribution in [0.3, 0.4) is 0 Å². The molecule has 0 aromatic rings. The molecule has 0 heterocycles. The van der Waals surface area contributed by atoms with Gasteiger partial charge in [-0.1, -0.05) is 20.8 Å². The first kappa shape index (κ1) is 12.5. The van der Waals surface area contributed by atoms with Crippen LogP contribution in [-0.4, -0.2) is 18.5 Å². The molecule has 15 heavy (non-hydrogen) atoms. The number of amides is 1. The molecule has 1 fully saturated rings. The van der Waals surface area contributed by atoms with Gasteiger partial charge >= 0.3 is 0 Å². The minimum atomic E-state index is -0.01000. The summed E-state index contributed by atoms with van der Waals surface area (Å²) in [6.07, 6.45) is 3.90. The van der Waals surface area contributed by atoms with Crippen molar-refractivity contribution in [1.82, 2.24) is 5.32 Å². The van der Waals surface area contributed by atoms with Gasteiger partial charge in [0, 0.05) is 19.0 Å². The maximum atomic E-state index is 11.5. The quantitative estimate of drug-likeness (QED) is 0.728. The Kier molecular flexibility index (Phi) is 4.14. The molecule has 0 bridgehead atoms. The highest BCUT2D eigenvalue weighted by Gasteiger charge is 2.22. The average Bonchev–Trinajstić information content (AvgIpc) is 2.79. The zero-order chi connectivity index (χ0) is 11.5. The molecule has 1 aliphatic rings. The molecule has 1 saturated carbocycles. The summed E-state index contributed by atoms with van der Waals surface area (Å²) in [4.78, 5) is 11.5. The van der Waals surface area contributed by atoms with E-state index in [4.69, 9.17) is 5.73 Å². The maximum absolute atomic E-state index is 11.5. The molecule has 3 heteroatoms. The fourth-order valence-electron chi connectivity index (χ4n) is 1.75. The summed E-state index contributed by atoms with van der Waals surface area (Å²) in [7, 11) is 0. The first-order valence-electron chi connectivity index (χ1n) is 5.89. The van der Waals surface area contributed by atoms with Gasteiger partial charge in [-0.3, -0.25) is 4.79 Å². The molecule has 1 amide bonds. The summed E-state index contributed by atoms with van der Waals surface area (Å²) in [5, 5.41) is 2.94. The summed E-state index contributed by atoms with van der Waals surface area (Å²) in [5.74, 6) is 0.853. The third-order valence-corrected chi connectivity index (χ3v) is 2.61. The Morgan fingerprint density at radius 3 is 2.53 bits per heavy atom. The van der Waals surface area contributed by atoms with Gasteiger partial charge in [-0.05, 0) is 30.6 Å². The Morgan fingerprint density at radius 2 is 2.07 bits per heavy atom. The van der Waals surface area contributed by atoms with Crippen molar-refractivity contribution in [3.8, 4) is 0 Å². The third kappa shape index (κ3) is 6.50. The van der Waals surface area contributed by atoms with E-state index < -0.39 is 0 Å². The summed E-state index contributed by atoms with van der Waals surface area (Å²) in [5.41, 5.74) is 6.13. The molecule has 1 unspecified atom stereocenters. The second-order valence-corrected chi connectivity index (χ2v) is 5.98. The highest BCUT2D eigenvalue weighted by Crippen LogP contribution is 2.27. The first-order valence-corrected chi connectivity index (χ1v) is 5.89. The van der Waals surface area contributed by atoms with Crippen LogP contribution in [0.15, 0.2) is 0 Å². The smallest absolute Gasteiger partial charge is 0.221 e. The largest absolute Gasteiger partial charge is 0.356 e. The molecule has 0 radical (unpaired) electrons. The monoisotopic (exact) mass is 212 g/mol. The molecule has 0 aromatic carbocycles. The van der Waals surface area contributed by atoms with Crippen molar-refractivity contribution in [2.45, 2.75) is 52.5 Å². The molecule has 1 aliphatic carbocycles. The second-order valence-electron chi connectivity index (χ2n) is 5.98. The highest BCUT2D eigenvalue weighted by molar-refractivity contribution is 5.76. The van der Waals surface area contributed by atoms with Gasteiger partial charge in [0.2, 0.25) is 5.91 Å². The van der Waals surface area contributed by atoms with Crippen molar-refractivity contribution in [3.63, 3.8) is 0 Å². The van der Waals surface area contributed by atoms with Crippen LogP contribution in [0.4, 0.5) is 0 Å². The van der Waals surface area contributed by atoms with Crippen molar-refractivity contribution in [2.24, 2.45) is 17.1 Å². The van der Waals surface area contributed by atoms with E-state index in [0.29, 0.717) is 6.42 Å². The van der Waals surface area contributed by atoms with E-state index >= 15 is 0 Å². The fourth-order valence-corrected chi connectivity index (χ4v) is 1.75. The van der Waals surface area contributed by atoms with Crippen LogP contribution >= 0.6 is 0 Å². The van der Waals surface area contributed by atoms with Gasteiger partial charge in [0.15, 0.2) is 0 Å². The lowest BCUT2D eigenvalue weighted by atomic mass is 9.87. The number of nitrogens with two attached hydrogens (primary N) is 1. The Bertz CT molecular complexity index is 216. The van der Waals surface area contributed by atoms with E-state index in [1.54, 1.807) is 0 Å². The second kappa shape index (κ2) is 4.97. The van der Waals surface area contributed by atoms with Crippen LogP contribution in [-0.2, 0) is 4.79 Å². The zero-order valence-electron chi connectivity index (χ0n) is 10.2. The average molecular weight is 212 g/mol. The van der Waals surface area contributed by atoms with Gasteiger partial charge in [0.1, 0.15) is 0 Å². The molecule has 0 aromatic heterocycles. The predicted molar refractivity (Wildman–Crippen MR) is 62.4 cm³/mol. The Morgan fingerprint density at radius 1 is 1.47 bits per heavy atom. The number of hydrogen-bond donors (Lipinski definition) is 2. The van der Waals surface area contributed by atoms with Gasteiger partial charge in [0.25, 0.3) is 0 Å². The van der Waals surface area contributed by atoms with Gasteiger partial charge in [0.05, 0.1) is 0 Å². The molecule has 0 spiro atoms. The molecule has 1 rings (SSSR count). The minimum absolute atomic E-state index is 0.01000. The highest BCUT2D eigenvalue weighted by atomic mass is 16.1. The number of carbonyl (C=O) groups excluding carboxylic acids is 1. The van der Waals surface area contributed by atoms with Crippen molar-refractivity contribution in [3.05, 3.63) is 0 Å². The molecule has 0 aliphatic heterocycles. The predicted octanol–water partition coefficient (Wildman–Crippen LogP) is 1.67. The lowest BCUT2D eigenvalue weighted by Crippen LogP contribution is -2.34. The molecule has 3 nitrogen and oxygen atoms in total. The number of carbonyl (C=O) groups is 1. The summed E-state index contributed by atoms with van der Waals surface area (Å²) in [6.45, 7) is 7.29. The Balaban J connectivity index is 2.12. The molecular weight excluding hydrogens is 188 g/mol. The van der Waals surface area contributed by atoms with Crippen molar-refractivity contribution in [2.75, 3.05) is 6.54 Å². The van der Waals surface area contributed by atoms with Gasteiger partial charge in [-0.2, -0.15) is 0 Å². The maximum Gasteiger partial charge on any atom is 0.221 e. The molecule has 3 N–H and O–H groups in total. The third-order valence-electron chi connectivity index (χ3n) is 2.61. The molecular formula is C12H24N2O. The minimum Gasteiger partial charge on any atom is -0.356 e. The van der Waals surface area contributed by atoms with Gasteiger partial charge in [-0.15, -0.1) is 0 Å². The molecule has 1 atom stereocenters. The number of nitrogens with one attached hydrogen (secondary N) is 1. The van der Waals surface area contributed by atoms with Crippen LogP contribution in [0.1, 0.15) is 46.5 Å². The van der Waals surface area contributed by atoms with Gasteiger partial charge < -0.3 is 11.1 Å².